The van der Waals surface area contributed by atoms with Crippen molar-refractivity contribution < 1.29 is 9.59 Å². The van der Waals surface area contributed by atoms with E-state index in [1.165, 1.54) is 0 Å². The molecule has 0 aliphatic carbocycles. The first-order valence-electron chi connectivity index (χ1n) is 12.6. The van der Waals surface area contributed by atoms with Gasteiger partial charge >= 0.3 is 0 Å². The fraction of sp³-hybridized carbons (Fsp3) is 0.429. The predicted octanol–water partition coefficient (Wildman–Crippen LogP) is 3.78. The number of amides is 2. The molecule has 0 bridgehead atoms. The number of rotatable bonds is 7. The third-order valence-corrected chi connectivity index (χ3v) is 6.58. The molecule has 8 nitrogen and oxygen atoms in total. The Bertz CT molecular complexity index is 1210. The molecule has 2 aromatic heterocycles. The average Bonchev–Trinajstić information content (AvgIpc) is 3.35. The molecular formula is C28H36N6O2. The number of nitrogens with one attached hydrogen (secondary N) is 1. The van der Waals surface area contributed by atoms with Gasteiger partial charge in [-0.25, -0.2) is 0 Å². The Balaban J connectivity index is 1.56. The zero-order valence-corrected chi connectivity index (χ0v) is 21.9. The maximum atomic E-state index is 13.4. The van der Waals surface area contributed by atoms with E-state index in [1.807, 2.05) is 60.0 Å². The van der Waals surface area contributed by atoms with Gasteiger partial charge in [-0.15, -0.1) is 0 Å². The second-order valence-electron chi connectivity index (χ2n) is 9.96. The van der Waals surface area contributed by atoms with Crippen LogP contribution in [0.5, 0.6) is 0 Å². The van der Waals surface area contributed by atoms with Crippen LogP contribution in [0.1, 0.15) is 49.7 Å². The van der Waals surface area contributed by atoms with E-state index in [2.05, 4.69) is 40.2 Å². The molecule has 1 saturated heterocycles. The molecule has 1 atom stereocenters. The van der Waals surface area contributed by atoms with Crippen LogP contribution in [0, 0.1) is 6.92 Å². The van der Waals surface area contributed by atoms with Gasteiger partial charge in [-0.2, -0.15) is 5.10 Å². The summed E-state index contributed by atoms with van der Waals surface area (Å²) in [5.41, 5.74) is 5.28. The van der Waals surface area contributed by atoms with Gasteiger partial charge < -0.3 is 10.2 Å². The third-order valence-electron chi connectivity index (χ3n) is 6.58. The number of carbonyl (C=O) groups is 2. The van der Waals surface area contributed by atoms with Crippen molar-refractivity contribution in [3.8, 4) is 22.5 Å². The SMILES string of the molecule is CC(=O)N1CCN(CC(C)NC(=O)c2cc(-c3ccc(C)cn3)cc(-c3ccnn3C(C)C)c2)CC1. The summed E-state index contributed by atoms with van der Waals surface area (Å²) in [6.07, 6.45) is 3.63. The first kappa shape index (κ1) is 25.6. The lowest BCUT2D eigenvalue weighted by Gasteiger charge is -2.35. The Morgan fingerprint density at radius 3 is 2.36 bits per heavy atom. The summed E-state index contributed by atoms with van der Waals surface area (Å²) in [4.78, 5) is 33.7. The summed E-state index contributed by atoms with van der Waals surface area (Å²) in [6, 6.07) is 12.1. The maximum Gasteiger partial charge on any atom is 0.251 e. The van der Waals surface area contributed by atoms with Crippen LogP contribution in [-0.2, 0) is 4.79 Å². The maximum absolute atomic E-state index is 13.4. The molecular weight excluding hydrogens is 452 g/mol. The summed E-state index contributed by atoms with van der Waals surface area (Å²) in [6.45, 7) is 13.7. The number of pyridine rings is 1. The van der Waals surface area contributed by atoms with Crippen molar-refractivity contribution in [2.75, 3.05) is 32.7 Å². The van der Waals surface area contributed by atoms with Crippen LogP contribution in [0.3, 0.4) is 0 Å². The lowest BCUT2D eigenvalue weighted by Crippen LogP contribution is -2.51. The lowest BCUT2D eigenvalue weighted by molar-refractivity contribution is -0.130. The van der Waals surface area contributed by atoms with Crippen molar-refractivity contribution in [1.82, 2.24) is 29.9 Å². The van der Waals surface area contributed by atoms with E-state index in [0.717, 1.165) is 60.8 Å². The fourth-order valence-electron chi connectivity index (χ4n) is 4.63. The molecule has 3 heterocycles. The van der Waals surface area contributed by atoms with Gasteiger partial charge in [0.2, 0.25) is 5.91 Å². The standard InChI is InChI=1S/C28H36N6O2/c1-19(2)34-27(8-9-30-34)24-14-23(26-7-6-20(3)17-29-26)15-25(16-24)28(36)31-21(4)18-32-10-12-33(13-11-32)22(5)35/h6-9,14-17,19,21H,10-13,18H2,1-5H3,(H,31,36). The molecule has 4 rings (SSSR count). The molecule has 0 saturated carbocycles. The van der Waals surface area contributed by atoms with E-state index < -0.39 is 0 Å². The highest BCUT2D eigenvalue weighted by atomic mass is 16.2. The number of nitrogens with zero attached hydrogens (tertiary/aromatic N) is 5. The van der Waals surface area contributed by atoms with E-state index in [0.29, 0.717) is 5.56 Å². The number of hydrogen-bond acceptors (Lipinski definition) is 5. The second kappa shape index (κ2) is 11.0. The zero-order chi connectivity index (χ0) is 25.8. The first-order chi connectivity index (χ1) is 17.2. The average molecular weight is 489 g/mol. The monoisotopic (exact) mass is 488 g/mol. The third kappa shape index (κ3) is 5.99. The van der Waals surface area contributed by atoms with Crippen LogP contribution in [-0.4, -0.2) is 75.1 Å². The Labute approximate surface area is 213 Å². The highest BCUT2D eigenvalue weighted by molar-refractivity contribution is 5.97. The number of piperazine rings is 1. The van der Waals surface area contributed by atoms with E-state index in [-0.39, 0.29) is 23.9 Å². The van der Waals surface area contributed by atoms with E-state index in [1.54, 1.807) is 13.1 Å². The number of aromatic nitrogens is 3. The topological polar surface area (TPSA) is 83.4 Å². The quantitative estimate of drug-likeness (QED) is 0.547. The minimum Gasteiger partial charge on any atom is -0.348 e. The Kier molecular flexibility index (Phi) is 7.84. The van der Waals surface area contributed by atoms with Gasteiger partial charge in [0.15, 0.2) is 0 Å². The molecule has 8 heteroatoms. The van der Waals surface area contributed by atoms with Crippen molar-refractivity contribution in [3.63, 3.8) is 0 Å². The molecule has 1 aliphatic rings. The van der Waals surface area contributed by atoms with Crippen LogP contribution in [0.2, 0.25) is 0 Å². The number of benzene rings is 1. The van der Waals surface area contributed by atoms with E-state index >= 15 is 0 Å². The molecule has 190 valence electrons. The Hall–Kier alpha value is -3.52. The number of aryl methyl sites for hydroxylation is 1. The predicted molar refractivity (Wildman–Crippen MR) is 142 cm³/mol. The van der Waals surface area contributed by atoms with E-state index in [9.17, 15) is 9.59 Å². The van der Waals surface area contributed by atoms with Crippen LogP contribution in [0.25, 0.3) is 22.5 Å². The summed E-state index contributed by atoms with van der Waals surface area (Å²) in [5, 5.41) is 7.65. The minimum atomic E-state index is -0.115. The molecule has 1 aliphatic heterocycles. The van der Waals surface area contributed by atoms with Crippen LogP contribution in [0.15, 0.2) is 48.8 Å². The molecule has 1 unspecified atom stereocenters. The van der Waals surface area contributed by atoms with Gasteiger partial charge in [0, 0.05) is 80.8 Å². The largest absolute Gasteiger partial charge is 0.348 e. The van der Waals surface area contributed by atoms with Gasteiger partial charge in [0.05, 0.1) is 11.4 Å². The molecule has 1 N–H and O–H groups in total. The molecule has 3 aromatic rings. The van der Waals surface area contributed by atoms with Crippen molar-refractivity contribution in [2.45, 2.75) is 46.7 Å². The molecule has 0 spiro atoms. The highest BCUT2D eigenvalue weighted by Gasteiger charge is 2.21. The van der Waals surface area contributed by atoms with Crippen molar-refractivity contribution in [1.29, 1.82) is 0 Å². The minimum absolute atomic E-state index is 0.0350. The van der Waals surface area contributed by atoms with Crippen LogP contribution >= 0.6 is 0 Å². The first-order valence-corrected chi connectivity index (χ1v) is 12.6. The van der Waals surface area contributed by atoms with Gasteiger partial charge in [0.25, 0.3) is 5.91 Å². The van der Waals surface area contributed by atoms with Crippen LogP contribution < -0.4 is 5.32 Å². The number of hydrogen-bond donors (Lipinski definition) is 1. The number of carbonyl (C=O) groups excluding carboxylic acids is 2. The Morgan fingerprint density at radius 2 is 1.72 bits per heavy atom. The lowest BCUT2D eigenvalue weighted by atomic mass is 10.00. The zero-order valence-electron chi connectivity index (χ0n) is 21.9. The van der Waals surface area contributed by atoms with Gasteiger partial charge in [0.1, 0.15) is 0 Å². The molecule has 1 fully saturated rings. The van der Waals surface area contributed by atoms with Gasteiger partial charge in [-0.05, 0) is 63.6 Å². The van der Waals surface area contributed by atoms with Crippen molar-refractivity contribution >= 4 is 11.8 Å². The summed E-state index contributed by atoms with van der Waals surface area (Å²) in [5.74, 6) is 0.00394. The highest BCUT2D eigenvalue weighted by Crippen LogP contribution is 2.29. The summed E-state index contributed by atoms with van der Waals surface area (Å²) in [7, 11) is 0. The normalized spacial score (nSPS) is 15.2. The van der Waals surface area contributed by atoms with E-state index in [4.69, 9.17) is 0 Å². The smallest absolute Gasteiger partial charge is 0.251 e. The molecule has 2 amide bonds. The second-order valence-corrected chi connectivity index (χ2v) is 9.96. The van der Waals surface area contributed by atoms with Crippen molar-refractivity contribution in [3.05, 3.63) is 59.9 Å². The summed E-state index contributed by atoms with van der Waals surface area (Å²) >= 11 is 0. The molecule has 0 radical (unpaired) electrons. The van der Waals surface area contributed by atoms with Crippen LogP contribution in [0.4, 0.5) is 0 Å². The summed E-state index contributed by atoms with van der Waals surface area (Å²) < 4.78 is 1.96. The molecule has 1 aromatic carbocycles. The van der Waals surface area contributed by atoms with Crippen molar-refractivity contribution in [2.24, 2.45) is 0 Å². The fourth-order valence-corrected chi connectivity index (χ4v) is 4.63. The van der Waals surface area contributed by atoms with Gasteiger partial charge in [-0.1, -0.05) is 6.07 Å². The molecule has 36 heavy (non-hydrogen) atoms. The van der Waals surface area contributed by atoms with Gasteiger partial charge in [-0.3, -0.25) is 24.2 Å². The Morgan fingerprint density at radius 1 is 1.00 bits per heavy atom.